The second kappa shape index (κ2) is 6.31. The molecule has 1 fully saturated rings. The molecule has 9 nitrogen and oxygen atoms in total. The van der Waals surface area contributed by atoms with Gasteiger partial charge in [0, 0.05) is 18.0 Å². The Labute approximate surface area is 127 Å². The van der Waals surface area contributed by atoms with E-state index in [1.165, 1.54) is 12.5 Å². The Kier molecular flexibility index (Phi) is 4.84. The minimum absolute atomic E-state index is 0.0576. The normalized spacial score (nSPS) is 28.7. The van der Waals surface area contributed by atoms with Gasteiger partial charge in [-0.2, -0.15) is 0 Å². The Morgan fingerprint density at radius 1 is 1.68 bits per heavy atom. The van der Waals surface area contributed by atoms with Crippen LogP contribution in [0.25, 0.3) is 0 Å². The van der Waals surface area contributed by atoms with Crippen molar-refractivity contribution in [1.82, 2.24) is 9.55 Å². The van der Waals surface area contributed by atoms with Crippen molar-refractivity contribution in [2.24, 2.45) is 17.6 Å². The lowest BCUT2D eigenvalue weighted by Gasteiger charge is -2.17. The molecule has 4 N–H and O–H groups in total. The first kappa shape index (κ1) is 16.9. The number of aromatic nitrogens is 2. The summed E-state index contributed by atoms with van der Waals surface area (Å²) in [5, 5.41) is 0. The van der Waals surface area contributed by atoms with Gasteiger partial charge < -0.3 is 24.8 Å². The van der Waals surface area contributed by atoms with Crippen molar-refractivity contribution in [3.8, 4) is 0 Å². The third kappa shape index (κ3) is 3.63. The molecule has 0 radical (unpaired) electrons. The van der Waals surface area contributed by atoms with Crippen molar-refractivity contribution in [3.63, 3.8) is 0 Å². The number of ether oxygens (including phenoxy) is 1. The summed E-state index contributed by atoms with van der Waals surface area (Å²) in [6.45, 7) is 5.36. The quantitative estimate of drug-likeness (QED) is 0.507. The molecule has 22 heavy (non-hydrogen) atoms. The molecule has 1 aliphatic rings. The number of phosphoric acid groups is 1. The second-order valence-electron chi connectivity index (χ2n) is 5.09. The predicted octanol–water partition coefficient (Wildman–Crippen LogP) is 0.427. The van der Waals surface area contributed by atoms with E-state index in [0.29, 0.717) is 0 Å². The Balaban J connectivity index is 2.14. The molecule has 1 aliphatic heterocycles. The van der Waals surface area contributed by atoms with Gasteiger partial charge in [-0.3, -0.25) is 9.32 Å². The fraction of sp³-hybridized carbons (Fsp3) is 0.500. The minimum Gasteiger partial charge on any atom is -0.364 e. The highest BCUT2D eigenvalue weighted by Gasteiger charge is 2.42. The molecule has 1 amide bonds. The first-order chi connectivity index (χ1) is 10.2. The molecular formula is C12H18N3O6P. The first-order valence-corrected chi connectivity index (χ1v) is 8.07. The van der Waals surface area contributed by atoms with Crippen molar-refractivity contribution in [2.45, 2.75) is 19.3 Å². The van der Waals surface area contributed by atoms with Crippen molar-refractivity contribution in [1.29, 1.82) is 0 Å². The van der Waals surface area contributed by atoms with Crippen molar-refractivity contribution >= 4 is 13.7 Å². The lowest BCUT2D eigenvalue weighted by molar-refractivity contribution is -0.0337. The monoisotopic (exact) mass is 331 g/mol. The summed E-state index contributed by atoms with van der Waals surface area (Å²) in [7, 11) is -4.57. The standard InChI is InChI=1S/C12H18N3O6P/c1-3-8-7(2)12(15-4-9(11(13)16)14-6-15)21-10(8)5-20-22(17,18)19/h3-4,6-8,10,12H,1,5H2,2H3,(H2,13,16)(H2,17,18,19)/t7?,8?,10-,12-/m1/s1. The van der Waals surface area contributed by atoms with Crippen LogP contribution in [0.5, 0.6) is 0 Å². The number of amides is 1. The highest BCUT2D eigenvalue weighted by Crippen LogP contribution is 2.43. The molecule has 4 atom stereocenters. The Bertz CT molecular complexity index is 612. The number of imidazole rings is 1. The van der Waals surface area contributed by atoms with Gasteiger partial charge in [0.05, 0.1) is 19.0 Å². The van der Waals surface area contributed by atoms with Gasteiger partial charge in [-0.1, -0.05) is 13.0 Å². The molecule has 0 spiro atoms. The topological polar surface area (TPSA) is 137 Å². The number of rotatable bonds is 6. The number of nitrogens with two attached hydrogens (primary N) is 1. The number of phosphoric ester groups is 1. The van der Waals surface area contributed by atoms with E-state index in [4.69, 9.17) is 20.3 Å². The second-order valence-corrected chi connectivity index (χ2v) is 6.33. The predicted molar refractivity (Wildman–Crippen MR) is 75.5 cm³/mol. The fourth-order valence-electron chi connectivity index (χ4n) is 2.55. The van der Waals surface area contributed by atoms with Crippen molar-refractivity contribution in [3.05, 3.63) is 30.9 Å². The molecule has 10 heteroatoms. The Morgan fingerprint density at radius 3 is 2.86 bits per heavy atom. The van der Waals surface area contributed by atoms with Gasteiger partial charge in [-0.05, 0) is 0 Å². The summed E-state index contributed by atoms with van der Waals surface area (Å²) in [5.74, 6) is -0.875. The van der Waals surface area contributed by atoms with Gasteiger partial charge in [-0.25, -0.2) is 9.55 Å². The van der Waals surface area contributed by atoms with Crippen LogP contribution in [0.2, 0.25) is 0 Å². The summed E-state index contributed by atoms with van der Waals surface area (Å²) < 4.78 is 22.7. The molecule has 1 aromatic heterocycles. The first-order valence-electron chi connectivity index (χ1n) is 6.54. The third-order valence-electron chi connectivity index (χ3n) is 3.63. The van der Waals surface area contributed by atoms with Crippen LogP contribution >= 0.6 is 7.82 Å². The molecule has 1 saturated heterocycles. The number of carbonyl (C=O) groups is 1. The van der Waals surface area contributed by atoms with E-state index in [1.807, 2.05) is 6.92 Å². The zero-order chi connectivity index (χ0) is 16.5. The van der Waals surface area contributed by atoms with Crippen LogP contribution in [0.4, 0.5) is 0 Å². The van der Waals surface area contributed by atoms with Gasteiger partial charge in [-0.15, -0.1) is 6.58 Å². The maximum Gasteiger partial charge on any atom is 0.469 e. The molecule has 2 unspecified atom stereocenters. The lowest BCUT2D eigenvalue weighted by Crippen LogP contribution is -2.22. The minimum atomic E-state index is -4.57. The van der Waals surface area contributed by atoms with E-state index in [1.54, 1.807) is 10.6 Å². The average molecular weight is 331 g/mol. The molecular weight excluding hydrogens is 313 g/mol. The van der Waals surface area contributed by atoms with Crippen molar-refractivity contribution in [2.75, 3.05) is 6.61 Å². The van der Waals surface area contributed by atoms with E-state index in [2.05, 4.69) is 16.1 Å². The highest BCUT2D eigenvalue weighted by molar-refractivity contribution is 7.46. The van der Waals surface area contributed by atoms with Crippen LogP contribution in [0.3, 0.4) is 0 Å². The van der Waals surface area contributed by atoms with Crippen LogP contribution in [-0.4, -0.2) is 38.0 Å². The Hall–Kier alpha value is -1.51. The van der Waals surface area contributed by atoms with E-state index in [0.717, 1.165) is 0 Å². The highest BCUT2D eigenvalue weighted by atomic mass is 31.2. The molecule has 0 aromatic carbocycles. The molecule has 0 aliphatic carbocycles. The van der Waals surface area contributed by atoms with Crippen LogP contribution in [0.1, 0.15) is 23.6 Å². The number of nitrogens with zero attached hydrogens (tertiary/aromatic N) is 2. The summed E-state index contributed by atoms with van der Waals surface area (Å²) >= 11 is 0. The third-order valence-corrected chi connectivity index (χ3v) is 4.11. The lowest BCUT2D eigenvalue weighted by atomic mass is 9.91. The molecule has 122 valence electrons. The van der Waals surface area contributed by atoms with E-state index in [-0.39, 0.29) is 24.1 Å². The molecule has 1 aromatic rings. The molecule has 2 heterocycles. The summed E-state index contributed by atoms with van der Waals surface area (Å²) in [4.78, 5) is 32.6. The maximum atomic E-state index is 11.1. The smallest absolute Gasteiger partial charge is 0.364 e. The molecule has 2 rings (SSSR count). The maximum absolute atomic E-state index is 11.1. The van der Waals surface area contributed by atoms with Crippen molar-refractivity contribution < 1.29 is 28.4 Å². The van der Waals surface area contributed by atoms with Crippen LogP contribution in [-0.2, 0) is 13.8 Å². The van der Waals surface area contributed by atoms with E-state index in [9.17, 15) is 9.36 Å². The number of hydrogen-bond donors (Lipinski definition) is 3. The van der Waals surface area contributed by atoms with Crippen LogP contribution in [0, 0.1) is 11.8 Å². The van der Waals surface area contributed by atoms with E-state index < -0.39 is 26.1 Å². The number of primary amides is 1. The number of carbonyl (C=O) groups excluding carboxylic acids is 1. The van der Waals surface area contributed by atoms with Gasteiger partial charge in [0.15, 0.2) is 0 Å². The summed E-state index contributed by atoms with van der Waals surface area (Å²) in [5.41, 5.74) is 5.27. The average Bonchev–Trinajstić information content (AvgIpc) is 3.00. The number of hydrogen-bond acceptors (Lipinski definition) is 5. The Morgan fingerprint density at radius 2 is 2.36 bits per heavy atom. The largest absolute Gasteiger partial charge is 0.469 e. The van der Waals surface area contributed by atoms with Gasteiger partial charge in [0.25, 0.3) is 5.91 Å². The summed E-state index contributed by atoms with van der Waals surface area (Å²) in [6.07, 6.45) is 3.52. The van der Waals surface area contributed by atoms with Gasteiger partial charge in [0.1, 0.15) is 11.9 Å². The fourth-order valence-corrected chi connectivity index (χ4v) is 2.90. The summed E-state index contributed by atoms with van der Waals surface area (Å²) in [6, 6.07) is 0. The molecule has 0 saturated carbocycles. The zero-order valence-corrected chi connectivity index (χ0v) is 12.8. The van der Waals surface area contributed by atoms with Gasteiger partial charge in [0.2, 0.25) is 0 Å². The zero-order valence-electron chi connectivity index (χ0n) is 11.9. The SMILES string of the molecule is C=CC1C(C)[C@H](n2cnc(C(N)=O)c2)O[C@@H]1COP(=O)(O)O. The van der Waals surface area contributed by atoms with E-state index >= 15 is 0 Å². The van der Waals surface area contributed by atoms with Crippen LogP contribution in [0.15, 0.2) is 25.2 Å². The van der Waals surface area contributed by atoms with Gasteiger partial charge >= 0.3 is 7.82 Å². The van der Waals surface area contributed by atoms with Crippen LogP contribution < -0.4 is 5.73 Å². The molecule has 0 bridgehead atoms.